The first-order valence-corrected chi connectivity index (χ1v) is 7.60. The summed E-state index contributed by atoms with van der Waals surface area (Å²) in [7, 11) is 1.61. The minimum Gasteiger partial charge on any atom is -0.492 e. The normalized spacial score (nSPS) is 9.88. The highest BCUT2D eigenvalue weighted by Crippen LogP contribution is 2.12. The third-order valence-electron chi connectivity index (χ3n) is 3.16. The number of likely N-dealkylation sites (N-methyl/N-ethyl adjacent to an activating group) is 1. The second kappa shape index (κ2) is 9.19. The molecule has 2 aromatic rings. The molecule has 6 nitrogen and oxygen atoms in total. The smallest absolute Gasteiger partial charge is 0.412 e. The Labute approximate surface area is 140 Å². The monoisotopic (exact) mass is 328 g/mol. The Morgan fingerprint density at radius 3 is 2.33 bits per heavy atom. The first kappa shape index (κ1) is 17.3. The molecule has 0 radical (unpaired) electrons. The van der Waals surface area contributed by atoms with Gasteiger partial charge in [0.2, 0.25) is 5.91 Å². The summed E-state index contributed by atoms with van der Waals surface area (Å²) in [6.45, 7) is 0.643. The Morgan fingerprint density at radius 2 is 1.67 bits per heavy atom. The van der Waals surface area contributed by atoms with Crippen LogP contribution in [0, 0.1) is 0 Å². The van der Waals surface area contributed by atoms with Crippen molar-refractivity contribution in [1.29, 1.82) is 0 Å². The molecule has 2 N–H and O–H groups in total. The number of para-hydroxylation sites is 1. The van der Waals surface area contributed by atoms with E-state index >= 15 is 0 Å². The molecule has 0 spiro atoms. The number of benzene rings is 2. The Kier molecular flexibility index (Phi) is 6.64. The van der Waals surface area contributed by atoms with Crippen LogP contribution in [-0.4, -0.2) is 32.2 Å². The van der Waals surface area contributed by atoms with Crippen molar-refractivity contribution < 1.29 is 19.1 Å². The standard InChI is InChI=1S/C18H20N2O4/c1-19-17(21)13-14-7-9-15(10-8-14)23-12-11-20-18(22)24-16-5-3-2-4-6-16/h2-10H,11-13H2,1H3,(H,19,21)(H,20,22). The average molecular weight is 328 g/mol. The zero-order valence-electron chi connectivity index (χ0n) is 13.5. The van der Waals surface area contributed by atoms with Gasteiger partial charge in [-0.3, -0.25) is 4.79 Å². The van der Waals surface area contributed by atoms with Crippen molar-refractivity contribution in [2.75, 3.05) is 20.2 Å². The molecule has 0 aliphatic rings. The van der Waals surface area contributed by atoms with Crippen LogP contribution in [0.15, 0.2) is 54.6 Å². The Hall–Kier alpha value is -3.02. The summed E-state index contributed by atoms with van der Waals surface area (Å²) in [5.41, 5.74) is 0.909. The molecule has 0 aromatic heterocycles. The van der Waals surface area contributed by atoms with Gasteiger partial charge in [-0.15, -0.1) is 0 Å². The van der Waals surface area contributed by atoms with E-state index < -0.39 is 6.09 Å². The maximum atomic E-state index is 11.6. The number of carbonyl (C=O) groups excluding carboxylic acids is 2. The lowest BCUT2D eigenvalue weighted by Crippen LogP contribution is -2.30. The van der Waals surface area contributed by atoms with Crippen LogP contribution >= 0.6 is 0 Å². The van der Waals surface area contributed by atoms with Gasteiger partial charge in [-0.2, -0.15) is 0 Å². The molecule has 2 amide bonds. The summed E-state index contributed by atoms with van der Waals surface area (Å²) >= 11 is 0. The van der Waals surface area contributed by atoms with Crippen LogP contribution in [0.25, 0.3) is 0 Å². The molecule has 24 heavy (non-hydrogen) atoms. The fourth-order valence-corrected chi connectivity index (χ4v) is 1.93. The summed E-state index contributed by atoms with van der Waals surface area (Å²) in [5, 5.41) is 5.18. The highest BCUT2D eigenvalue weighted by atomic mass is 16.6. The highest BCUT2D eigenvalue weighted by Gasteiger charge is 2.04. The Bertz CT molecular complexity index is 656. The zero-order chi connectivity index (χ0) is 17.2. The molecule has 0 saturated carbocycles. The number of ether oxygens (including phenoxy) is 2. The van der Waals surface area contributed by atoms with Crippen molar-refractivity contribution in [2.45, 2.75) is 6.42 Å². The molecule has 0 atom stereocenters. The SMILES string of the molecule is CNC(=O)Cc1ccc(OCCNC(=O)Oc2ccccc2)cc1. The van der Waals surface area contributed by atoms with Crippen molar-refractivity contribution in [3.05, 3.63) is 60.2 Å². The van der Waals surface area contributed by atoms with Crippen LogP contribution in [0.1, 0.15) is 5.56 Å². The topological polar surface area (TPSA) is 76.7 Å². The lowest BCUT2D eigenvalue weighted by Gasteiger charge is -2.09. The van der Waals surface area contributed by atoms with E-state index in [1.807, 2.05) is 18.2 Å². The van der Waals surface area contributed by atoms with E-state index in [0.29, 0.717) is 31.1 Å². The van der Waals surface area contributed by atoms with Gasteiger partial charge in [0.05, 0.1) is 13.0 Å². The largest absolute Gasteiger partial charge is 0.492 e. The number of hydrogen-bond acceptors (Lipinski definition) is 4. The minimum atomic E-state index is -0.522. The van der Waals surface area contributed by atoms with Gasteiger partial charge in [0, 0.05) is 7.05 Å². The highest BCUT2D eigenvalue weighted by molar-refractivity contribution is 5.78. The quantitative estimate of drug-likeness (QED) is 0.764. The van der Waals surface area contributed by atoms with Gasteiger partial charge in [0.25, 0.3) is 0 Å². The van der Waals surface area contributed by atoms with E-state index in [2.05, 4.69) is 10.6 Å². The van der Waals surface area contributed by atoms with Crippen molar-refractivity contribution in [3.63, 3.8) is 0 Å². The van der Waals surface area contributed by atoms with E-state index in [4.69, 9.17) is 9.47 Å². The molecule has 126 valence electrons. The van der Waals surface area contributed by atoms with E-state index in [0.717, 1.165) is 5.56 Å². The van der Waals surface area contributed by atoms with E-state index in [-0.39, 0.29) is 5.91 Å². The summed E-state index contributed by atoms with van der Waals surface area (Å²) in [6, 6.07) is 16.1. The van der Waals surface area contributed by atoms with Crippen molar-refractivity contribution in [3.8, 4) is 11.5 Å². The lowest BCUT2D eigenvalue weighted by molar-refractivity contribution is -0.119. The molecule has 0 heterocycles. The van der Waals surface area contributed by atoms with Gasteiger partial charge >= 0.3 is 6.09 Å². The molecule has 0 bridgehead atoms. The van der Waals surface area contributed by atoms with Crippen LogP contribution in [0.3, 0.4) is 0 Å². The Balaban J connectivity index is 1.66. The maximum absolute atomic E-state index is 11.6. The van der Waals surface area contributed by atoms with Gasteiger partial charge < -0.3 is 20.1 Å². The molecule has 2 rings (SSSR count). The summed E-state index contributed by atoms with van der Waals surface area (Å²) in [4.78, 5) is 22.9. The van der Waals surface area contributed by atoms with Crippen LogP contribution in [0.2, 0.25) is 0 Å². The third-order valence-corrected chi connectivity index (χ3v) is 3.16. The summed E-state index contributed by atoms with van der Waals surface area (Å²) in [5.74, 6) is 1.13. The van der Waals surface area contributed by atoms with Gasteiger partial charge in [0.1, 0.15) is 18.1 Å². The van der Waals surface area contributed by atoms with Crippen LogP contribution < -0.4 is 20.1 Å². The van der Waals surface area contributed by atoms with E-state index in [9.17, 15) is 9.59 Å². The van der Waals surface area contributed by atoms with Gasteiger partial charge in [-0.05, 0) is 29.8 Å². The predicted octanol–water partition coefficient (Wildman–Crippen LogP) is 2.14. The van der Waals surface area contributed by atoms with Crippen molar-refractivity contribution >= 4 is 12.0 Å². The molecule has 2 aromatic carbocycles. The van der Waals surface area contributed by atoms with Crippen LogP contribution in [0.4, 0.5) is 4.79 Å². The molecule has 0 fully saturated rings. The van der Waals surface area contributed by atoms with Crippen molar-refractivity contribution in [1.82, 2.24) is 10.6 Å². The molecule has 0 aliphatic carbocycles. The number of rotatable bonds is 7. The first-order chi connectivity index (χ1) is 11.7. The summed E-state index contributed by atoms with van der Waals surface area (Å²) < 4.78 is 10.6. The first-order valence-electron chi connectivity index (χ1n) is 7.60. The number of amides is 2. The fraction of sp³-hybridized carbons (Fsp3) is 0.222. The second-order valence-corrected chi connectivity index (χ2v) is 4.97. The molecular weight excluding hydrogens is 308 g/mol. The zero-order valence-corrected chi connectivity index (χ0v) is 13.5. The molecular formula is C18H20N2O4. The molecule has 0 unspecified atom stereocenters. The van der Waals surface area contributed by atoms with Gasteiger partial charge in [0.15, 0.2) is 0 Å². The van der Waals surface area contributed by atoms with E-state index in [1.54, 1.807) is 43.4 Å². The molecule has 0 aliphatic heterocycles. The van der Waals surface area contributed by atoms with Gasteiger partial charge in [-0.1, -0.05) is 30.3 Å². The van der Waals surface area contributed by atoms with Crippen LogP contribution in [-0.2, 0) is 11.2 Å². The maximum Gasteiger partial charge on any atom is 0.412 e. The average Bonchev–Trinajstić information content (AvgIpc) is 2.61. The number of hydrogen-bond donors (Lipinski definition) is 2. The third kappa shape index (κ3) is 6.00. The van der Waals surface area contributed by atoms with Crippen LogP contribution in [0.5, 0.6) is 11.5 Å². The fourth-order valence-electron chi connectivity index (χ4n) is 1.93. The van der Waals surface area contributed by atoms with E-state index in [1.165, 1.54) is 0 Å². The second-order valence-electron chi connectivity index (χ2n) is 4.97. The minimum absolute atomic E-state index is 0.0372. The van der Waals surface area contributed by atoms with Crippen molar-refractivity contribution in [2.24, 2.45) is 0 Å². The number of nitrogens with one attached hydrogen (secondary N) is 2. The summed E-state index contributed by atoms with van der Waals surface area (Å²) in [6.07, 6.45) is -0.186. The lowest BCUT2D eigenvalue weighted by atomic mass is 10.1. The molecule has 6 heteroatoms. The number of carbonyl (C=O) groups is 2. The Morgan fingerprint density at radius 1 is 0.958 bits per heavy atom. The van der Waals surface area contributed by atoms with Gasteiger partial charge in [-0.25, -0.2) is 4.79 Å². The molecule has 0 saturated heterocycles. The predicted molar refractivity (Wildman–Crippen MR) is 90.2 cm³/mol.